The monoisotopic (exact) mass is 482 g/mol. The van der Waals surface area contributed by atoms with E-state index in [1.54, 1.807) is 6.92 Å². The number of aromatic hydroxyl groups is 1. The second-order valence-electron chi connectivity index (χ2n) is 10.5. The van der Waals surface area contributed by atoms with Crippen molar-refractivity contribution in [1.82, 2.24) is 15.3 Å². The van der Waals surface area contributed by atoms with Crippen molar-refractivity contribution in [2.45, 2.75) is 71.6 Å². The molecule has 0 spiro atoms. The highest BCUT2D eigenvalue weighted by Gasteiger charge is 2.21. The molecule has 3 N–H and O–H groups in total. The zero-order valence-electron chi connectivity index (χ0n) is 21.3. The molecule has 0 aliphatic carbocycles. The van der Waals surface area contributed by atoms with Gasteiger partial charge in [-0.25, -0.2) is 9.97 Å². The van der Waals surface area contributed by atoms with Crippen molar-refractivity contribution in [2.75, 3.05) is 24.5 Å². The Bertz CT molecular complexity index is 1020. The molecule has 1 aliphatic heterocycles. The van der Waals surface area contributed by atoms with Crippen LogP contribution < -0.4 is 10.2 Å². The van der Waals surface area contributed by atoms with Gasteiger partial charge in [0.15, 0.2) is 11.4 Å². The molecule has 0 radical (unpaired) electrons. The van der Waals surface area contributed by atoms with Crippen LogP contribution in [0.2, 0.25) is 0 Å². The Labute approximate surface area is 207 Å². The fraction of sp³-hybridized carbons (Fsp3) is 0.556. The first kappa shape index (κ1) is 26.4. The number of anilines is 1. The van der Waals surface area contributed by atoms with Crippen LogP contribution in [0.15, 0.2) is 24.3 Å². The molecular weight excluding hydrogens is 444 g/mol. The number of piperidine rings is 1. The second-order valence-corrected chi connectivity index (χ2v) is 10.5. The molecule has 0 bridgehead atoms. The topological polar surface area (TPSA) is 116 Å². The molecule has 8 nitrogen and oxygen atoms in total. The maximum atomic E-state index is 12.2. The number of aliphatic carboxylic acids is 1. The zero-order valence-corrected chi connectivity index (χ0v) is 21.3. The maximum absolute atomic E-state index is 12.2. The van der Waals surface area contributed by atoms with Crippen molar-refractivity contribution in [1.29, 1.82) is 0 Å². The van der Waals surface area contributed by atoms with Gasteiger partial charge in [-0.15, -0.1) is 0 Å². The van der Waals surface area contributed by atoms with E-state index in [0.29, 0.717) is 23.9 Å². The zero-order chi connectivity index (χ0) is 25.6. The predicted octanol–water partition coefficient (Wildman–Crippen LogP) is 4.23. The molecule has 0 unspecified atom stereocenters. The van der Waals surface area contributed by atoms with Gasteiger partial charge in [-0.05, 0) is 55.2 Å². The molecule has 0 atom stereocenters. The number of nitrogens with one attached hydrogen (secondary N) is 1. The molecule has 3 rings (SSSR count). The summed E-state index contributed by atoms with van der Waals surface area (Å²) in [4.78, 5) is 33.8. The van der Waals surface area contributed by atoms with E-state index in [4.69, 9.17) is 5.11 Å². The third kappa shape index (κ3) is 7.41. The van der Waals surface area contributed by atoms with Crippen molar-refractivity contribution in [3.05, 3.63) is 47.0 Å². The Hall–Kier alpha value is -3.16. The molecule has 8 heteroatoms. The van der Waals surface area contributed by atoms with Gasteiger partial charge in [0.25, 0.3) is 5.91 Å². The van der Waals surface area contributed by atoms with Gasteiger partial charge < -0.3 is 20.4 Å². The number of amides is 1. The number of hydrogen-bond acceptors (Lipinski definition) is 6. The summed E-state index contributed by atoms with van der Waals surface area (Å²) in [5.41, 5.74) is 2.98. The number of hydrogen-bond donors (Lipinski definition) is 3. The van der Waals surface area contributed by atoms with Crippen molar-refractivity contribution in [2.24, 2.45) is 5.92 Å². The van der Waals surface area contributed by atoms with Crippen LogP contribution in [0.1, 0.15) is 80.4 Å². The van der Waals surface area contributed by atoms with Gasteiger partial charge in [0.05, 0.1) is 5.69 Å². The van der Waals surface area contributed by atoms with Crippen molar-refractivity contribution >= 4 is 17.6 Å². The van der Waals surface area contributed by atoms with E-state index in [1.165, 1.54) is 24.1 Å². The Kier molecular flexibility index (Phi) is 8.70. The summed E-state index contributed by atoms with van der Waals surface area (Å²) >= 11 is 0. The standard InChI is InChI=1S/C27H38N4O4/c1-18-25(34)24(26(35)28-17-23(32)33)30-22(29-18)8-6-5-7-19-13-15-31(16-14-19)21-11-9-20(10-12-21)27(2,3)4/h9-12,19,34H,5-8,13-17H2,1-4H3,(H,28,35)(H,32,33). The van der Waals surface area contributed by atoms with Gasteiger partial charge in [0.1, 0.15) is 12.4 Å². The molecule has 1 amide bonds. The van der Waals surface area contributed by atoms with E-state index in [9.17, 15) is 14.7 Å². The number of benzene rings is 1. The maximum Gasteiger partial charge on any atom is 0.322 e. The summed E-state index contributed by atoms with van der Waals surface area (Å²) in [5, 5.41) is 21.1. The van der Waals surface area contributed by atoms with Crippen LogP contribution in [0.3, 0.4) is 0 Å². The second kappa shape index (κ2) is 11.5. The van der Waals surface area contributed by atoms with Gasteiger partial charge in [-0.1, -0.05) is 45.7 Å². The molecule has 2 heterocycles. The van der Waals surface area contributed by atoms with Crippen LogP contribution in [-0.4, -0.2) is 51.7 Å². The normalized spacial score (nSPS) is 14.7. The first-order chi connectivity index (χ1) is 16.5. The van der Waals surface area contributed by atoms with Gasteiger partial charge in [0, 0.05) is 25.2 Å². The number of carbonyl (C=O) groups is 2. The number of carbonyl (C=O) groups excluding carboxylic acids is 1. The number of nitrogens with zero attached hydrogens (tertiary/aromatic N) is 3. The lowest BCUT2D eigenvalue weighted by Crippen LogP contribution is -2.33. The third-order valence-corrected chi connectivity index (χ3v) is 6.70. The molecule has 1 aromatic carbocycles. The van der Waals surface area contributed by atoms with E-state index < -0.39 is 18.4 Å². The minimum Gasteiger partial charge on any atom is -0.504 e. The van der Waals surface area contributed by atoms with Gasteiger partial charge in [0.2, 0.25) is 0 Å². The van der Waals surface area contributed by atoms with Crippen molar-refractivity contribution in [3.8, 4) is 5.75 Å². The number of aryl methyl sites for hydroxylation is 2. The number of aromatic nitrogens is 2. The van der Waals surface area contributed by atoms with Crippen LogP contribution in [0.4, 0.5) is 5.69 Å². The summed E-state index contributed by atoms with van der Waals surface area (Å²) in [6.45, 7) is 9.95. The molecule has 1 aromatic heterocycles. The fourth-order valence-electron chi connectivity index (χ4n) is 4.50. The molecule has 1 aliphatic rings. The predicted molar refractivity (Wildman–Crippen MR) is 136 cm³/mol. The highest BCUT2D eigenvalue weighted by Crippen LogP contribution is 2.29. The van der Waals surface area contributed by atoms with Gasteiger partial charge >= 0.3 is 5.97 Å². The first-order valence-electron chi connectivity index (χ1n) is 12.5. The van der Waals surface area contributed by atoms with E-state index in [-0.39, 0.29) is 16.9 Å². The van der Waals surface area contributed by atoms with E-state index >= 15 is 0 Å². The first-order valence-corrected chi connectivity index (χ1v) is 12.5. The largest absolute Gasteiger partial charge is 0.504 e. The summed E-state index contributed by atoms with van der Waals surface area (Å²) in [7, 11) is 0. The molecule has 1 saturated heterocycles. The summed E-state index contributed by atoms with van der Waals surface area (Å²) < 4.78 is 0. The Balaban J connectivity index is 1.44. The number of unbranched alkanes of at least 4 members (excludes halogenated alkanes) is 1. The fourth-order valence-corrected chi connectivity index (χ4v) is 4.50. The van der Waals surface area contributed by atoms with E-state index in [2.05, 4.69) is 65.2 Å². The quantitative estimate of drug-likeness (QED) is 0.458. The highest BCUT2D eigenvalue weighted by atomic mass is 16.4. The average Bonchev–Trinajstić information content (AvgIpc) is 2.82. The van der Waals surface area contributed by atoms with Gasteiger partial charge in [-0.3, -0.25) is 9.59 Å². The minimum absolute atomic E-state index is 0.170. The summed E-state index contributed by atoms with van der Waals surface area (Å²) in [6.07, 6.45) is 6.08. The SMILES string of the molecule is Cc1nc(CCCCC2CCN(c3ccc(C(C)(C)C)cc3)CC2)nc(C(=O)NCC(=O)O)c1O. The molecule has 35 heavy (non-hydrogen) atoms. The molecule has 0 saturated carbocycles. The van der Waals surface area contributed by atoms with Crippen LogP contribution in [0, 0.1) is 12.8 Å². The Morgan fingerprint density at radius 3 is 2.34 bits per heavy atom. The number of carboxylic acids is 1. The average molecular weight is 483 g/mol. The van der Waals surface area contributed by atoms with E-state index in [0.717, 1.165) is 32.4 Å². The molecular formula is C27H38N4O4. The number of rotatable bonds is 9. The summed E-state index contributed by atoms with van der Waals surface area (Å²) in [5.74, 6) is -0.977. The van der Waals surface area contributed by atoms with Crippen LogP contribution >= 0.6 is 0 Å². The smallest absolute Gasteiger partial charge is 0.322 e. The van der Waals surface area contributed by atoms with Crippen molar-refractivity contribution in [3.63, 3.8) is 0 Å². The van der Waals surface area contributed by atoms with Gasteiger partial charge in [-0.2, -0.15) is 0 Å². The summed E-state index contributed by atoms with van der Waals surface area (Å²) in [6, 6.07) is 8.99. The molecule has 1 fully saturated rings. The van der Waals surface area contributed by atoms with Crippen molar-refractivity contribution < 1.29 is 19.8 Å². The number of carboxylic acid groups (broad SMARTS) is 1. The Morgan fingerprint density at radius 1 is 1.09 bits per heavy atom. The van der Waals surface area contributed by atoms with E-state index in [1.807, 2.05) is 0 Å². The highest BCUT2D eigenvalue weighted by molar-refractivity contribution is 5.96. The molecule has 190 valence electrons. The lowest BCUT2D eigenvalue weighted by atomic mass is 9.87. The molecule has 2 aromatic rings. The lowest BCUT2D eigenvalue weighted by molar-refractivity contribution is -0.135. The third-order valence-electron chi connectivity index (χ3n) is 6.70. The van der Waals surface area contributed by atoms with Crippen LogP contribution in [0.5, 0.6) is 5.75 Å². The Morgan fingerprint density at radius 2 is 1.74 bits per heavy atom. The lowest BCUT2D eigenvalue weighted by Gasteiger charge is -2.34. The van der Waals surface area contributed by atoms with Crippen LogP contribution in [0.25, 0.3) is 0 Å². The van der Waals surface area contributed by atoms with Crippen LogP contribution in [-0.2, 0) is 16.6 Å². The minimum atomic E-state index is -1.16.